The number of rotatable bonds is 2. The third-order valence-electron chi connectivity index (χ3n) is 4.49. The van der Waals surface area contributed by atoms with Crippen LogP contribution in [-0.4, -0.2) is 22.8 Å². The fourth-order valence-corrected chi connectivity index (χ4v) is 3.69. The van der Waals surface area contributed by atoms with Crippen molar-refractivity contribution in [1.82, 2.24) is 0 Å². The number of ether oxygens (including phenoxy) is 1. The first-order valence-electron chi connectivity index (χ1n) is 7.03. The molecule has 2 saturated carbocycles. The van der Waals surface area contributed by atoms with E-state index in [1.165, 1.54) is 26.2 Å². The molecule has 2 atom stereocenters. The van der Waals surface area contributed by atoms with Crippen molar-refractivity contribution in [2.24, 2.45) is 5.92 Å². The highest BCUT2D eigenvalue weighted by Gasteiger charge is 2.49. The summed E-state index contributed by atoms with van der Waals surface area (Å²) in [6.45, 7) is 1.46. The van der Waals surface area contributed by atoms with Crippen LogP contribution in [-0.2, 0) is 9.53 Å². The predicted molar refractivity (Wildman–Crippen MR) is 65.5 cm³/mol. The Labute approximate surface area is 104 Å². The van der Waals surface area contributed by atoms with E-state index in [9.17, 15) is 9.90 Å². The Morgan fingerprint density at radius 3 is 2.35 bits per heavy atom. The van der Waals surface area contributed by atoms with E-state index in [0.717, 1.165) is 38.5 Å². The number of aliphatic hydroxyl groups excluding tert-OH is 1. The Morgan fingerprint density at radius 2 is 1.76 bits per heavy atom. The normalized spacial score (nSPS) is 35.5. The maximum atomic E-state index is 11.4. The molecule has 3 heteroatoms. The number of carbonyl (C=O) groups excluding carboxylic acids is 1. The molecule has 17 heavy (non-hydrogen) atoms. The maximum absolute atomic E-state index is 11.4. The molecular formula is C14H24O3. The van der Waals surface area contributed by atoms with Gasteiger partial charge in [0.25, 0.3) is 0 Å². The SMILES string of the molecule is CC(=O)OC1(C2CCCCC2)CCCCC1O. The van der Waals surface area contributed by atoms with Crippen LogP contribution in [0.4, 0.5) is 0 Å². The Hall–Kier alpha value is -0.570. The molecule has 2 fully saturated rings. The molecule has 1 N–H and O–H groups in total. The lowest BCUT2D eigenvalue weighted by atomic mass is 9.68. The highest BCUT2D eigenvalue weighted by atomic mass is 16.6. The van der Waals surface area contributed by atoms with Crippen molar-refractivity contribution < 1.29 is 14.6 Å². The van der Waals surface area contributed by atoms with Crippen molar-refractivity contribution in [2.45, 2.75) is 76.4 Å². The molecule has 0 aromatic carbocycles. The van der Waals surface area contributed by atoms with Crippen molar-refractivity contribution in [3.05, 3.63) is 0 Å². The highest BCUT2D eigenvalue weighted by Crippen LogP contribution is 2.44. The second kappa shape index (κ2) is 5.38. The molecule has 2 aliphatic carbocycles. The van der Waals surface area contributed by atoms with Crippen molar-refractivity contribution in [3.63, 3.8) is 0 Å². The molecule has 0 amide bonds. The van der Waals surface area contributed by atoms with Crippen LogP contribution in [0, 0.1) is 5.92 Å². The molecule has 98 valence electrons. The molecular weight excluding hydrogens is 216 g/mol. The van der Waals surface area contributed by atoms with Gasteiger partial charge < -0.3 is 9.84 Å². The van der Waals surface area contributed by atoms with Gasteiger partial charge in [-0.3, -0.25) is 4.79 Å². The van der Waals surface area contributed by atoms with Crippen LogP contribution in [0.5, 0.6) is 0 Å². The summed E-state index contributed by atoms with van der Waals surface area (Å²) in [7, 11) is 0. The molecule has 2 aliphatic rings. The summed E-state index contributed by atoms with van der Waals surface area (Å²) in [5, 5.41) is 10.3. The largest absolute Gasteiger partial charge is 0.456 e. The van der Waals surface area contributed by atoms with E-state index < -0.39 is 11.7 Å². The van der Waals surface area contributed by atoms with E-state index in [1.54, 1.807) is 0 Å². The summed E-state index contributed by atoms with van der Waals surface area (Å²) in [5.74, 6) is 0.131. The van der Waals surface area contributed by atoms with E-state index >= 15 is 0 Å². The van der Waals surface area contributed by atoms with Crippen LogP contribution in [0.25, 0.3) is 0 Å². The van der Waals surface area contributed by atoms with E-state index in [4.69, 9.17) is 4.74 Å². The van der Waals surface area contributed by atoms with Gasteiger partial charge in [0.2, 0.25) is 0 Å². The van der Waals surface area contributed by atoms with E-state index in [0.29, 0.717) is 5.92 Å². The molecule has 3 nitrogen and oxygen atoms in total. The quantitative estimate of drug-likeness (QED) is 0.755. The molecule has 0 spiro atoms. The van der Waals surface area contributed by atoms with E-state index in [-0.39, 0.29) is 5.97 Å². The molecule has 0 saturated heterocycles. The number of carbonyl (C=O) groups is 1. The molecule has 0 aromatic heterocycles. The third kappa shape index (κ3) is 2.65. The van der Waals surface area contributed by atoms with Crippen molar-refractivity contribution >= 4 is 5.97 Å². The van der Waals surface area contributed by atoms with Crippen LogP contribution in [0.1, 0.15) is 64.7 Å². The minimum Gasteiger partial charge on any atom is -0.456 e. The van der Waals surface area contributed by atoms with Gasteiger partial charge >= 0.3 is 5.97 Å². The fourth-order valence-electron chi connectivity index (χ4n) is 3.69. The average Bonchev–Trinajstić information content (AvgIpc) is 2.33. The first kappa shape index (κ1) is 12.9. The van der Waals surface area contributed by atoms with Gasteiger partial charge in [0.05, 0.1) is 6.10 Å². The van der Waals surface area contributed by atoms with Gasteiger partial charge in [0.15, 0.2) is 0 Å². The smallest absolute Gasteiger partial charge is 0.303 e. The van der Waals surface area contributed by atoms with Gasteiger partial charge in [-0.05, 0) is 32.1 Å². The second-order valence-corrected chi connectivity index (χ2v) is 5.65. The van der Waals surface area contributed by atoms with Crippen LogP contribution < -0.4 is 0 Å². The summed E-state index contributed by atoms with van der Waals surface area (Å²) in [4.78, 5) is 11.4. The maximum Gasteiger partial charge on any atom is 0.303 e. The third-order valence-corrected chi connectivity index (χ3v) is 4.49. The molecule has 0 aliphatic heterocycles. The van der Waals surface area contributed by atoms with Gasteiger partial charge in [-0.15, -0.1) is 0 Å². The fraction of sp³-hybridized carbons (Fsp3) is 0.929. The minimum atomic E-state index is -0.565. The van der Waals surface area contributed by atoms with Crippen LogP contribution in [0.3, 0.4) is 0 Å². The van der Waals surface area contributed by atoms with Crippen LogP contribution in [0.2, 0.25) is 0 Å². The Balaban J connectivity index is 2.17. The molecule has 0 radical (unpaired) electrons. The van der Waals surface area contributed by atoms with Crippen molar-refractivity contribution in [1.29, 1.82) is 0 Å². The predicted octanol–water partition coefficient (Wildman–Crippen LogP) is 2.80. The molecule has 0 aromatic rings. The van der Waals surface area contributed by atoms with Crippen molar-refractivity contribution in [3.8, 4) is 0 Å². The van der Waals surface area contributed by atoms with Gasteiger partial charge in [0.1, 0.15) is 5.60 Å². The second-order valence-electron chi connectivity index (χ2n) is 5.65. The van der Waals surface area contributed by atoms with E-state index in [1.807, 2.05) is 0 Å². The summed E-state index contributed by atoms with van der Waals surface area (Å²) < 4.78 is 5.64. The molecule has 2 unspecified atom stereocenters. The van der Waals surface area contributed by atoms with Gasteiger partial charge in [-0.1, -0.05) is 25.7 Å². The number of hydrogen-bond acceptors (Lipinski definition) is 3. The first-order valence-corrected chi connectivity index (χ1v) is 7.03. The lowest BCUT2D eigenvalue weighted by Gasteiger charge is -2.47. The zero-order valence-electron chi connectivity index (χ0n) is 10.8. The molecule has 0 heterocycles. The Kier molecular flexibility index (Phi) is 4.08. The average molecular weight is 240 g/mol. The molecule has 2 rings (SSSR count). The monoisotopic (exact) mass is 240 g/mol. The lowest BCUT2D eigenvalue weighted by molar-refractivity contribution is -0.194. The van der Waals surface area contributed by atoms with Crippen molar-refractivity contribution in [2.75, 3.05) is 0 Å². The summed E-state index contributed by atoms with van der Waals surface area (Å²) in [6.07, 6.45) is 9.20. The van der Waals surface area contributed by atoms with Gasteiger partial charge in [-0.2, -0.15) is 0 Å². The highest BCUT2D eigenvalue weighted by molar-refractivity contribution is 5.66. The lowest BCUT2D eigenvalue weighted by Crippen LogP contribution is -2.54. The number of esters is 1. The zero-order valence-corrected chi connectivity index (χ0v) is 10.8. The van der Waals surface area contributed by atoms with Crippen LogP contribution >= 0.6 is 0 Å². The Morgan fingerprint density at radius 1 is 1.12 bits per heavy atom. The summed E-state index contributed by atoms with van der Waals surface area (Å²) >= 11 is 0. The summed E-state index contributed by atoms with van der Waals surface area (Å²) in [5.41, 5.74) is -0.565. The summed E-state index contributed by atoms with van der Waals surface area (Å²) in [6, 6.07) is 0. The number of hydrogen-bond donors (Lipinski definition) is 1. The first-order chi connectivity index (χ1) is 8.15. The van der Waals surface area contributed by atoms with Gasteiger partial charge in [-0.25, -0.2) is 0 Å². The topological polar surface area (TPSA) is 46.5 Å². The van der Waals surface area contributed by atoms with Gasteiger partial charge in [0, 0.05) is 12.8 Å². The zero-order chi connectivity index (χ0) is 12.3. The number of aliphatic hydroxyl groups is 1. The van der Waals surface area contributed by atoms with Crippen LogP contribution in [0.15, 0.2) is 0 Å². The minimum absolute atomic E-state index is 0.239. The van der Waals surface area contributed by atoms with E-state index in [2.05, 4.69) is 0 Å². The molecule has 0 bridgehead atoms. The Bertz CT molecular complexity index is 271. The standard InChI is InChI=1S/C14H24O3/c1-11(15)17-14(10-6-5-9-13(14)16)12-7-3-2-4-8-12/h12-13,16H,2-10H2,1H3.